The van der Waals surface area contributed by atoms with Crippen molar-refractivity contribution in [2.24, 2.45) is 5.92 Å². The van der Waals surface area contributed by atoms with Gasteiger partial charge >= 0.3 is 0 Å². The van der Waals surface area contributed by atoms with Crippen molar-refractivity contribution in [2.75, 3.05) is 19.8 Å². The van der Waals surface area contributed by atoms with Gasteiger partial charge in [-0.25, -0.2) is 0 Å². The van der Waals surface area contributed by atoms with Crippen LogP contribution in [0.15, 0.2) is 24.3 Å². The summed E-state index contributed by atoms with van der Waals surface area (Å²) in [5, 5.41) is 0. The predicted molar refractivity (Wildman–Crippen MR) is 76.8 cm³/mol. The fraction of sp³-hybridized carbons (Fsp3) is 0.562. The van der Waals surface area contributed by atoms with Crippen LogP contribution in [0.25, 0.3) is 0 Å². The Hall–Kier alpha value is -1.35. The molecule has 0 spiro atoms. The summed E-state index contributed by atoms with van der Waals surface area (Å²) < 4.78 is 10.8. The molecular formula is C16H24O3. The minimum atomic E-state index is 0.0201. The van der Waals surface area contributed by atoms with Crippen LogP contribution in [0.3, 0.4) is 0 Å². The summed E-state index contributed by atoms with van der Waals surface area (Å²) in [7, 11) is 0. The maximum Gasteiger partial charge on any atom is 0.188 e. The molecule has 1 unspecified atom stereocenters. The van der Waals surface area contributed by atoms with Crippen LogP contribution < -0.4 is 4.74 Å². The van der Waals surface area contributed by atoms with Crippen LogP contribution in [0, 0.1) is 5.92 Å². The Morgan fingerprint density at radius 3 is 2.47 bits per heavy atom. The fourth-order valence-corrected chi connectivity index (χ4v) is 1.92. The van der Waals surface area contributed by atoms with E-state index in [0.717, 1.165) is 18.6 Å². The van der Waals surface area contributed by atoms with Gasteiger partial charge < -0.3 is 9.47 Å². The molecule has 0 radical (unpaired) electrons. The minimum Gasteiger partial charge on any atom is -0.494 e. The van der Waals surface area contributed by atoms with Gasteiger partial charge in [-0.15, -0.1) is 0 Å². The lowest BCUT2D eigenvalue weighted by Gasteiger charge is -2.10. The van der Waals surface area contributed by atoms with Gasteiger partial charge in [0.05, 0.1) is 6.61 Å². The van der Waals surface area contributed by atoms with Gasteiger partial charge in [0, 0.05) is 12.2 Å². The standard InChI is InChI=1S/C16H24O3/c1-4-6-13(3)11-18-12-16(17)14-7-9-15(10-8-14)19-5-2/h7-10,13H,4-6,11-12H2,1-3H3. The Labute approximate surface area is 115 Å². The first-order valence-corrected chi connectivity index (χ1v) is 7.01. The van der Waals surface area contributed by atoms with Gasteiger partial charge in [-0.2, -0.15) is 0 Å². The fourth-order valence-electron chi connectivity index (χ4n) is 1.92. The van der Waals surface area contributed by atoms with Crippen LogP contribution in [-0.4, -0.2) is 25.6 Å². The summed E-state index contributed by atoms with van der Waals surface area (Å²) >= 11 is 0. The number of benzene rings is 1. The van der Waals surface area contributed by atoms with E-state index in [1.165, 1.54) is 0 Å². The minimum absolute atomic E-state index is 0.0201. The molecular weight excluding hydrogens is 240 g/mol. The number of hydrogen-bond donors (Lipinski definition) is 0. The summed E-state index contributed by atoms with van der Waals surface area (Å²) in [5.41, 5.74) is 0.673. The summed E-state index contributed by atoms with van der Waals surface area (Å²) in [6, 6.07) is 7.20. The topological polar surface area (TPSA) is 35.5 Å². The quantitative estimate of drug-likeness (QED) is 0.638. The smallest absolute Gasteiger partial charge is 0.188 e. The van der Waals surface area contributed by atoms with Crippen molar-refractivity contribution in [2.45, 2.75) is 33.6 Å². The van der Waals surface area contributed by atoms with Crippen molar-refractivity contribution in [1.82, 2.24) is 0 Å². The number of ketones is 1. The molecule has 0 aliphatic rings. The first-order valence-electron chi connectivity index (χ1n) is 7.01. The molecule has 19 heavy (non-hydrogen) atoms. The number of rotatable bonds is 9. The molecule has 0 saturated carbocycles. The molecule has 3 heteroatoms. The number of carbonyl (C=O) groups is 1. The van der Waals surface area contributed by atoms with Crippen molar-refractivity contribution in [3.8, 4) is 5.75 Å². The third kappa shape index (κ3) is 5.88. The third-order valence-electron chi connectivity index (χ3n) is 2.90. The molecule has 1 aromatic rings. The highest BCUT2D eigenvalue weighted by atomic mass is 16.5. The summed E-state index contributed by atoms with van der Waals surface area (Å²) in [6.07, 6.45) is 2.29. The van der Waals surface area contributed by atoms with Crippen molar-refractivity contribution in [1.29, 1.82) is 0 Å². The molecule has 0 heterocycles. The van der Waals surface area contributed by atoms with E-state index in [1.54, 1.807) is 12.1 Å². The van der Waals surface area contributed by atoms with Crippen LogP contribution in [0.4, 0.5) is 0 Å². The normalized spacial score (nSPS) is 12.2. The maximum absolute atomic E-state index is 11.9. The van der Waals surface area contributed by atoms with Crippen LogP contribution in [0.1, 0.15) is 44.0 Å². The SMILES string of the molecule is CCCC(C)COCC(=O)c1ccc(OCC)cc1. The average molecular weight is 264 g/mol. The first kappa shape index (κ1) is 15.7. The van der Waals surface area contributed by atoms with E-state index in [1.807, 2.05) is 19.1 Å². The molecule has 0 aliphatic carbocycles. The summed E-state index contributed by atoms with van der Waals surface area (Å²) in [4.78, 5) is 11.9. The molecule has 0 N–H and O–H groups in total. The van der Waals surface area contributed by atoms with Crippen molar-refractivity contribution < 1.29 is 14.3 Å². The second kappa shape index (κ2) is 8.70. The van der Waals surface area contributed by atoms with Gasteiger partial charge in [-0.1, -0.05) is 20.3 Å². The Balaban J connectivity index is 2.36. The Morgan fingerprint density at radius 2 is 1.89 bits per heavy atom. The van der Waals surface area contributed by atoms with Crippen molar-refractivity contribution in [3.63, 3.8) is 0 Å². The predicted octanol–water partition coefficient (Wildman–Crippen LogP) is 3.72. The van der Waals surface area contributed by atoms with Gasteiger partial charge in [0.1, 0.15) is 12.4 Å². The van der Waals surface area contributed by atoms with E-state index in [2.05, 4.69) is 13.8 Å². The summed E-state index contributed by atoms with van der Waals surface area (Å²) in [5.74, 6) is 1.32. The number of ether oxygens (including phenoxy) is 2. The van der Waals surface area contributed by atoms with Crippen LogP contribution in [0.2, 0.25) is 0 Å². The molecule has 0 aliphatic heterocycles. The van der Waals surface area contributed by atoms with Crippen LogP contribution in [0.5, 0.6) is 5.75 Å². The van der Waals surface area contributed by atoms with E-state index >= 15 is 0 Å². The van der Waals surface area contributed by atoms with Crippen molar-refractivity contribution in [3.05, 3.63) is 29.8 Å². The molecule has 1 aromatic carbocycles. The first-order chi connectivity index (χ1) is 9.17. The van der Waals surface area contributed by atoms with Crippen LogP contribution >= 0.6 is 0 Å². The largest absolute Gasteiger partial charge is 0.494 e. The Morgan fingerprint density at radius 1 is 1.21 bits per heavy atom. The second-order valence-electron chi connectivity index (χ2n) is 4.79. The highest BCUT2D eigenvalue weighted by molar-refractivity contribution is 5.97. The van der Waals surface area contributed by atoms with E-state index in [-0.39, 0.29) is 12.4 Å². The summed E-state index contributed by atoms with van der Waals surface area (Å²) in [6.45, 7) is 7.67. The number of hydrogen-bond acceptors (Lipinski definition) is 3. The molecule has 0 fully saturated rings. The zero-order valence-electron chi connectivity index (χ0n) is 12.1. The number of Topliss-reactive ketones (excluding diaryl/α,β-unsaturated/α-hetero) is 1. The number of carbonyl (C=O) groups excluding carboxylic acids is 1. The molecule has 3 nitrogen and oxygen atoms in total. The molecule has 0 bridgehead atoms. The molecule has 1 atom stereocenters. The zero-order chi connectivity index (χ0) is 14.1. The monoisotopic (exact) mass is 264 g/mol. The highest BCUT2D eigenvalue weighted by Crippen LogP contribution is 2.13. The second-order valence-corrected chi connectivity index (χ2v) is 4.79. The lowest BCUT2D eigenvalue weighted by molar-refractivity contribution is 0.0683. The van der Waals surface area contributed by atoms with Gasteiger partial charge in [0.2, 0.25) is 0 Å². The molecule has 106 valence electrons. The molecule has 1 rings (SSSR count). The highest BCUT2D eigenvalue weighted by Gasteiger charge is 2.07. The van der Waals surface area contributed by atoms with Crippen LogP contribution in [-0.2, 0) is 4.74 Å². The van der Waals surface area contributed by atoms with E-state index in [4.69, 9.17) is 9.47 Å². The zero-order valence-corrected chi connectivity index (χ0v) is 12.1. The van der Waals surface area contributed by atoms with Gasteiger partial charge in [-0.05, 0) is 43.5 Å². The lowest BCUT2D eigenvalue weighted by Crippen LogP contribution is -2.13. The molecule has 0 aromatic heterocycles. The third-order valence-corrected chi connectivity index (χ3v) is 2.90. The van der Waals surface area contributed by atoms with Crippen molar-refractivity contribution >= 4 is 5.78 Å². The van der Waals surface area contributed by atoms with Gasteiger partial charge in [-0.3, -0.25) is 4.79 Å². The lowest BCUT2D eigenvalue weighted by atomic mass is 10.1. The van der Waals surface area contributed by atoms with E-state index in [9.17, 15) is 4.79 Å². The van der Waals surface area contributed by atoms with Gasteiger partial charge in [0.15, 0.2) is 5.78 Å². The Kier molecular flexibility index (Phi) is 7.19. The molecule has 0 saturated heterocycles. The average Bonchev–Trinajstić information content (AvgIpc) is 2.40. The Bertz CT molecular complexity index is 370. The van der Waals surface area contributed by atoms with Gasteiger partial charge in [0.25, 0.3) is 0 Å². The maximum atomic E-state index is 11.9. The van der Waals surface area contributed by atoms with E-state index in [0.29, 0.717) is 24.7 Å². The molecule has 0 amide bonds. The van der Waals surface area contributed by atoms with E-state index < -0.39 is 0 Å².